The zero-order valence-corrected chi connectivity index (χ0v) is 10.9. The average molecular weight is 261 g/mol. The molecule has 1 aromatic heterocycles. The van der Waals surface area contributed by atoms with Crippen molar-refractivity contribution < 1.29 is 9.18 Å². The summed E-state index contributed by atoms with van der Waals surface area (Å²) in [7, 11) is 1.76. The molecule has 0 aliphatic rings. The van der Waals surface area contributed by atoms with Crippen molar-refractivity contribution in [1.29, 1.82) is 0 Å². The van der Waals surface area contributed by atoms with Crippen molar-refractivity contribution in [2.45, 2.75) is 19.4 Å². The van der Waals surface area contributed by atoms with Crippen molar-refractivity contribution in [1.82, 2.24) is 9.78 Å². The molecule has 1 heterocycles. The monoisotopic (exact) mass is 261 g/mol. The molecule has 0 radical (unpaired) electrons. The number of nitrogens with two attached hydrogens (primary N) is 1. The van der Waals surface area contributed by atoms with Gasteiger partial charge in [0.25, 0.3) is 0 Å². The molecule has 5 heteroatoms. The lowest BCUT2D eigenvalue weighted by Crippen LogP contribution is -2.23. The summed E-state index contributed by atoms with van der Waals surface area (Å²) < 4.78 is 14.8. The Morgan fingerprint density at radius 3 is 2.89 bits per heavy atom. The summed E-state index contributed by atoms with van der Waals surface area (Å²) in [5.41, 5.74) is 8.11. The number of halogens is 1. The third kappa shape index (κ3) is 3.06. The van der Waals surface area contributed by atoms with Crippen LogP contribution in [0.2, 0.25) is 0 Å². The number of ketones is 1. The van der Waals surface area contributed by atoms with E-state index in [2.05, 4.69) is 5.10 Å². The van der Waals surface area contributed by atoms with Crippen molar-refractivity contribution in [3.63, 3.8) is 0 Å². The molecule has 4 nitrogen and oxygen atoms in total. The van der Waals surface area contributed by atoms with Gasteiger partial charge in [-0.25, -0.2) is 4.39 Å². The van der Waals surface area contributed by atoms with Gasteiger partial charge in [-0.15, -0.1) is 0 Å². The van der Waals surface area contributed by atoms with E-state index < -0.39 is 6.04 Å². The number of hydrogen-bond acceptors (Lipinski definition) is 3. The average Bonchev–Trinajstić information content (AvgIpc) is 2.79. The second-order valence-electron chi connectivity index (χ2n) is 4.64. The van der Waals surface area contributed by atoms with Gasteiger partial charge < -0.3 is 5.73 Å². The highest BCUT2D eigenvalue weighted by atomic mass is 19.1. The lowest BCUT2D eigenvalue weighted by atomic mass is 9.98. The zero-order chi connectivity index (χ0) is 14.0. The minimum Gasteiger partial charge on any atom is -0.318 e. The number of aryl methyl sites for hydroxylation is 2. The Kier molecular flexibility index (Phi) is 3.76. The molecule has 100 valence electrons. The minimum absolute atomic E-state index is 0.125. The molecular formula is C14H16FN3O. The molecular weight excluding hydrogens is 245 g/mol. The quantitative estimate of drug-likeness (QED) is 0.910. The van der Waals surface area contributed by atoms with Crippen LogP contribution in [-0.4, -0.2) is 15.6 Å². The third-order valence-electron chi connectivity index (χ3n) is 3.11. The first kappa shape index (κ1) is 13.4. The molecule has 19 heavy (non-hydrogen) atoms. The molecule has 0 bridgehead atoms. The number of carbonyl (C=O) groups excluding carboxylic acids is 1. The van der Waals surface area contributed by atoms with E-state index in [9.17, 15) is 9.18 Å². The lowest BCUT2D eigenvalue weighted by Gasteiger charge is -2.10. The number of aromatic nitrogens is 2. The molecule has 0 saturated heterocycles. The maximum atomic E-state index is 13.2. The molecule has 0 aliphatic heterocycles. The SMILES string of the molecule is Cc1ccc(F)cc1CC(=O)C(N)c1cnn(C)c1. The van der Waals surface area contributed by atoms with Gasteiger partial charge in [0.2, 0.25) is 0 Å². The van der Waals surface area contributed by atoms with Crippen LogP contribution in [0.4, 0.5) is 4.39 Å². The normalized spacial score (nSPS) is 12.4. The Bertz CT molecular complexity index is 606. The topological polar surface area (TPSA) is 60.9 Å². The predicted molar refractivity (Wildman–Crippen MR) is 70.0 cm³/mol. The highest BCUT2D eigenvalue weighted by molar-refractivity contribution is 5.87. The Labute approximate surface area is 111 Å². The maximum absolute atomic E-state index is 13.2. The summed E-state index contributed by atoms with van der Waals surface area (Å²) in [6.07, 6.45) is 3.40. The van der Waals surface area contributed by atoms with Crippen LogP contribution < -0.4 is 5.73 Å². The van der Waals surface area contributed by atoms with Gasteiger partial charge in [0.1, 0.15) is 5.82 Å². The van der Waals surface area contributed by atoms with E-state index in [1.165, 1.54) is 12.1 Å². The minimum atomic E-state index is -0.726. The van der Waals surface area contributed by atoms with Crippen LogP contribution in [-0.2, 0) is 18.3 Å². The fourth-order valence-electron chi connectivity index (χ4n) is 1.91. The first-order chi connectivity index (χ1) is 8.97. The van der Waals surface area contributed by atoms with Crippen LogP contribution in [0.1, 0.15) is 22.7 Å². The standard InChI is InChI=1S/C14H16FN3O/c1-9-3-4-12(15)5-10(9)6-13(19)14(16)11-7-17-18(2)8-11/h3-5,7-8,14H,6,16H2,1-2H3. The van der Waals surface area contributed by atoms with Gasteiger partial charge in [-0.2, -0.15) is 5.10 Å². The number of nitrogens with zero attached hydrogens (tertiary/aromatic N) is 2. The summed E-state index contributed by atoms with van der Waals surface area (Å²) in [5.74, 6) is -0.495. The van der Waals surface area contributed by atoms with E-state index in [0.717, 1.165) is 5.56 Å². The smallest absolute Gasteiger partial charge is 0.158 e. The van der Waals surface area contributed by atoms with E-state index in [0.29, 0.717) is 11.1 Å². The molecule has 1 atom stereocenters. The second kappa shape index (κ2) is 5.32. The molecule has 0 saturated carbocycles. The fourth-order valence-corrected chi connectivity index (χ4v) is 1.91. The Morgan fingerprint density at radius 1 is 1.53 bits per heavy atom. The van der Waals surface area contributed by atoms with Crippen molar-refractivity contribution >= 4 is 5.78 Å². The van der Waals surface area contributed by atoms with Gasteiger partial charge in [-0.05, 0) is 30.2 Å². The molecule has 0 fully saturated rings. The van der Waals surface area contributed by atoms with Crippen LogP contribution in [0, 0.1) is 12.7 Å². The Balaban J connectivity index is 2.14. The van der Waals surface area contributed by atoms with Gasteiger partial charge in [-0.1, -0.05) is 6.07 Å². The Hall–Kier alpha value is -2.01. The molecule has 2 N–H and O–H groups in total. The van der Waals surface area contributed by atoms with Crippen LogP contribution in [0.15, 0.2) is 30.6 Å². The highest BCUT2D eigenvalue weighted by Gasteiger charge is 2.18. The van der Waals surface area contributed by atoms with Gasteiger partial charge in [0.15, 0.2) is 5.78 Å². The highest BCUT2D eigenvalue weighted by Crippen LogP contribution is 2.16. The lowest BCUT2D eigenvalue weighted by molar-refractivity contribution is -0.119. The van der Waals surface area contributed by atoms with E-state index in [-0.39, 0.29) is 18.0 Å². The van der Waals surface area contributed by atoms with Gasteiger partial charge in [-0.3, -0.25) is 9.48 Å². The van der Waals surface area contributed by atoms with Crippen LogP contribution in [0.25, 0.3) is 0 Å². The first-order valence-corrected chi connectivity index (χ1v) is 5.99. The van der Waals surface area contributed by atoms with E-state index in [4.69, 9.17) is 5.73 Å². The fraction of sp³-hybridized carbons (Fsp3) is 0.286. The predicted octanol–water partition coefficient (Wildman–Crippen LogP) is 1.68. The number of hydrogen-bond donors (Lipinski definition) is 1. The number of carbonyl (C=O) groups is 1. The first-order valence-electron chi connectivity index (χ1n) is 5.99. The Morgan fingerprint density at radius 2 is 2.26 bits per heavy atom. The second-order valence-corrected chi connectivity index (χ2v) is 4.64. The third-order valence-corrected chi connectivity index (χ3v) is 3.11. The number of benzene rings is 1. The molecule has 1 unspecified atom stereocenters. The van der Waals surface area contributed by atoms with Crippen molar-refractivity contribution in [2.24, 2.45) is 12.8 Å². The van der Waals surface area contributed by atoms with Crippen LogP contribution in [0.3, 0.4) is 0 Å². The molecule has 0 amide bonds. The zero-order valence-electron chi connectivity index (χ0n) is 10.9. The van der Waals surface area contributed by atoms with E-state index >= 15 is 0 Å². The van der Waals surface area contributed by atoms with Crippen LogP contribution >= 0.6 is 0 Å². The van der Waals surface area contributed by atoms with Crippen LogP contribution in [0.5, 0.6) is 0 Å². The van der Waals surface area contributed by atoms with E-state index in [1.54, 1.807) is 30.2 Å². The summed E-state index contributed by atoms with van der Waals surface area (Å²) in [6, 6.07) is 3.69. The summed E-state index contributed by atoms with van der Waals surface area (Å²) >= 11 is 0. The molecule has 2 rings (SSSR count). The van der Waals surface area contributed by atoms with Gasteiger partial charge in [0.05, 0.1) is 12.2 Å². The van der Waals surface area contributed by atoms with Gasteiger partial charge >= 0.3 is 0 Å². The maximum Gasteiger partial charge on any atom is 0.158 e. The molecule has 1 aromatic carbocycles. The van der Waals surface area contributed by atoms with Crippen molar-refractivity contribution in [3.8, 4) is 0 Å². The van der Waals surface area contributed by atoms with Crippen molar-refractivity contribution in [2.75, 3.05) is 0 Å². The number of rotatable bonds is 4. The van der Waals surface area contributed by atoms with E-state index in [1.807, 2.05) is 6.92 Å². The van der Waals surface area contributed by atoms with Gasteiger partial charge in [0, 0.05) is 25.2 Å². The summed E-state index contributed by atoms with van der Waals surface area (Å²) in [6.45, 7) is 1.84. The largest absolute Gasteiger partial charge is 0.318 e. The molecule has 2 aromatic rings. The summed E-state index contributed by atoms with van der Waals surface area (Å²) in [4.78, 5) is 12.1. The summed E-state index contributed by atoms with van der Waals surface area (Å²) in [5, 5.41) is 3.98. The molecule has 0 aliphatic carbocycles. The molecule has 0 spiro atoms. The number of Topliss-reactive ketones (excluding diaryl/α,β-unsaturated/α-hetero) is 1. The van der Waals surface area contributed by atoms with Crippen molar-refractivity contribution in [3.05, 3.63) is 53.1 Å².